The van der Waals surface area contributed by atoms with Crippen molar-refractivity contribution < 1.29 is 4.79 Å². The summed E-state index contributed by atoms with van der Waals surface area (Å²) < 4.78 is 0. The van der Waals surface area contributed by atoms with E-state index in [0.717, 1.165) is 0 Å². The maximum atomic E-state index is 10.3. The highest BCUT2D eigenvalue weighted by atomic mass is 79.9. The van der Waals surface area contributed by atoms with Gasteiger partial charge in [-0.05, 0) is 6.92 Å². The molecule has 0 rings (SSSR count). The zero-order chi connectivity index (χ0) is 7.70. The van der Waals surface area contributed by atoms with Crippen molar-refractivity contribution in [2.75, 3.05) is 11.9 Å². The van der Waals surface area contributed by atoms with Gasteiger partial charge in [-0.25, -0.2) is 0 Å². The number of hydrogen-bond donors (Lipinski definition) is 1. The molecule has 0 fully saturated rings. The van der Waals surface area contributed by atoms with Gasteiger partial charge in [0.05, 0.1) is 5.33 Å². The summed E-state index contributed by atoms with van der Waals surface area (Å²) in [5.74, 6) is 0.0440. The van der Waals surface area contributed by atoms with E-state index in [0.29, 0.717) is 11.9 Å². The van der Waals surface area contributed by atoms with E-state index in [-0.39, 0.29) is 5.91 Å². The van der Waals surface area contributed by atoms with Crippen molar-refractivity contribution in [1.29, 1.82) is 0 Å². The lowest BCUT2D eigenvalue weighted by molar-refractivity contribution is -0.118. The molecule has 0 aromatic carbocycles. The number of alkyl halides is 1. The Morgan fingerprint density at radius 2 is 2.00 bits per heavy atom. The van der Waals surface area contributed by atoms with Crippen molar-refractivity contribution in [2.24, 2.45) is 0 Å². The maximum absolute atomic E-state index is 10.3. The molecule has 0 aliphatic carbocycles. The first-order valence-electron chi connectivity index (χ1n) is 3.14. The largest absolute Gasteiger partial charge is 0.356 e. The topological polar surface area (TPSA) is 29.1 Å². The van der Waals surface area contributed by atoms with Crippen LogP contribution in [0.4, 0.5) is 0 Å². The molecule has 56 valence electrons. The van der Waals surface area contributed by atoms with Gasteiger partial charge in [0, 0.05) is 6.54 Å². The highest BCUT2D eigenvalue weighted by molar-refractivity contribution is 9.09. The molecule has 0 aliphatic rings. The summed E-state index contributed by atoms with van der Waals surface area (Å²) in [6.07, 6.45) is 0. The molecule has 0 atom stereocenters. The van der Waals surface area contributed by atoms with Crippen LogP contribution in [0.5, 0.6) is 0 Å². The molecule has 0 heterocycles. The summed E-state index contributed by atoms with van der Waals surface area (Å²) in [7, 11) is 0. The fraction of sp³-hybridized carbons (Fsp3) is 0.833. The molecular formula is C6H14BrNO. The van der Waals surface area contributed by atoms with Crippen LogP contribution in [-0.2, 0) is 4.79 Å². The first kappa shape index (κ1) is 11.7. The highest BCUT2D eigenvalue weighted by Gasteiger charge is 1.89. The van der Waals surface area contributed by atoms with E-state index in [4.69, 9.17) is 0 Å². The SMILES string of the molecule is CC.CCNC(=O)CBr. The molecule has 1 N–H and O–H groups in total. The molecule has 0 saturated carbocycles. The molecule has 3 heteroatoms. The van der Waals surface area contributed by atoms with E-state index in [1.165, 1.54) is 0 Å². The van der Waals surface area contributed by atoms with Crippen LogP contribution in [-0.4, -0.2) is 17.8 Å². The van der Waals surface area contributed by atoms with Crippen LogP contribution >= 0.6 is 15.9 Å². The first-order valence-corrected chi connectivity index (χ1v) is 4.26. The van der Waals surface area contributed by atoms with Gasteiger partial charge in [0.2, 0.25) is 5.91 Å². The fourth-order valence-electron chi connectivity index (χ4n) is 0.244. The van der Waals surface area contributed by atoms with Gasteiger partial charge in [-0.2, -0.15) is 0 Å². The number of hydrogen-bond acceptors (Lipinski definition) is 1. The Labute approximate surface area is 65.1 Å². The first-order chi connectivity index (χ1) is 4.31. The Hall–Kier alpha value is -0.0500. The molecule has 0 aliphatic heterocycles. The minimum atomic E-state index is 0.0440. The van der Waals surface area contributed by atoms with Gasteiger partial charge in [-0.1, -0.05) is 29.8 Å². The number of carbonyl (C=O) groups is 1. The summed E-state index contributed by atoms with van der Waals surface area (Å²) in [6.45, 7) is 6.60. The molecule has 2 nitrogen and oxygen atoms in total. The van der Waals surface area contributed by atoms with Gasteiger partial charge in [0.25, 0.3) is 0 Å². The third kappa shape index (κ3) is 11.5. The second-order valence-corrected chi connectivity index (χ2v) is 1.65. The van der Waals surface area contributed by atoms with Crippen LogP contribution in [0.15, 0.2) is 0 Å². The third-order valence-corrected chi connectivity index (χ3v) is 1.00. The normalized spacial score (nSPS) is 7.11. The maximum Gasteiger partial charge on any atom is 0.230 e. The Bertz CT molecular complexity index is 66.1. The van der Waals surface area contributed by atoms with E-state index in [2.05, 4.69) is 21.2 Å². The Kier molecular flexibility index (Phi) is 14.1. The van der Waals surface area contributed by atoms with E-state index < -0.39 is 0 Å². The quantitative estimate of drug-likeness (QED) is 0.667. The summed E-state index contributed by atoms with van der Waals surface area (Å²) >= 11 is 3.00. The lowest BCUT2D eigenvalue weighted by Gasteiger charge is -1.92. The number of nitrogens with one attached hydrogen (secondary N) is 1. The molecule has 0 aromatic heterocycles. The Balaban J connectivity index is 0. The minimum Gasteiger partial charge on any atom is -0.356 e. The summed E-state index contributed by atoms with van der Waals surface area (Å²) in [4.78, 5) is 10.3. The summed E-state index contributed by atoms with van der Waals surface area (Å²) in [6, 6.07) is 0. The zero-order valence-corrected chi connectivity index (χ0v) is 7.79. The average Bonchev–Trinajstić information content (AvgIpc) is 1.93. The second-order valence-electron chi connectivity index (χ2n) is 1.09. The third-order valence-electron chi connectivity index (χ3n) is 0.495. The van der Waals surface area contributed by atoms with Crippen molar-refractivity contribution >= 4 is 21.8 Å². The molecule has 1 amide bonds. The molecule has 9 heavy (non-hydrogen) atoms. The molecule has 0 radical (unpaired) electrons. The molecule has 0 spiro atoms. The predicted octanol–water partition coefficient (Wildman–Crippen LogP) is 1.54. The van der Waals surface area contributed by atoms with Gasteiger partial charge in [-0.15, -0.1) is 0 Å². The molecule has 0 saturated heterocycles. The van der Waals surface area contributed by atoms with Gasteiger partial charge in [0.15, 0.2) is 0 Å². The molecule has 0 aromatic rings. The molecule has 0 bridgehead atoms. The van der Waals surface area contributed by atoms with Crippen LogP contribution in [0.2, 0.25) is 0 Å². The average molecular weight is 196 g/mol. The summed E-state index contributed by atoms with van der Waals surface area (Å²) in [5, 5.41) is 3.01. The van der Waals surface area contributed by atoms with Gasteiger partial charge < -0.3 is 5.32 Å². The lowest BCUT2D eigenvalue weighted by Crippen LogP contribution is -2.23. The van der Waals surface area contributed by atoms with Crippen LogP contribution in [0.1, 0.15) is 20.8 Å². The standard InChI is InChI=1S/C4H8BrNO.C2H6/c1-2-6-4(7)3-5;1-2/h2-3H2,1H3,(H,6,7);1-2H3. The lowest BCUT2D eigenvalue weighted by atomic mass is 10.6. The second kappa shape index (κ2) is 10.8. The van der Waals surface area contributed by atoms with Crippen molar-refractivity contribution in [2.45, 2.75) is 20.8 Å². The number of carbonyl (C=O) groups excluding carboxylic acids is 1. The van der Waals surface area contributed by atoms with E-state index in [1.54, 1.807) is 0 Å². The summed E-state index contributed by atoms with van der Waals surface area (Å²) in [5.41, 5.74) is 0. The van der Waals surface area contributed by atoms with Crippen molar-refractivity contribution in [3.63, 3.8) is 0 Å². The Morgan fingerprint density at radius 3 is 2.11 bits per heavy atom. The van der Waals surface area contributed by atoms with Crippen LogP contribution < -0.4 is 5.32 Å². The van der Waals surface area contributed by atoms with Gasteiger partial charge in [0.1, 0.15) is 0 Å². The van der Waals surface area contributed by atoms with Gasteiger partial charge >= 0.3 is 0 Å². The number of rotatable bonds is 2. The van der Waals surface area contributed by atoms with E-state index in [9.17, 15) is 4.79 Å². The molecular weight excluding hydrogens is 182 g/mol. The van der Waals surface area contributed by atoms with Crippen LogP contribution in [0.3, 0.4) is 0 Å². The number of amides is 1. The van der Waals surface area contributed by atoms with Crippen molar-refractivity contribution in [3.8, 4) is 0 Å². The van der Waals surface area contributed by atoms with Crippen molar-refractivity contribution in [3.05, 3.63) is 0 Å². The molecule has 0 unspecified atom stereocenters. The van der Waals surface area contributed by atoms with Crippen molar-refractivity contribution in [1.82, 2.24) is 5.32 Å². The highest BCUT2D eigenvalue weighted by Crippen LogP contribution is 1.75. The predicted molar refractivity (Wildman–Crippen MR) is 43.8 cm³/mol. The van der Waals surface area contributed by atoms with Crippen LogP contribution in [0.25, 0.3) is 0 Å². The van der Waals surface area contributed by atoms with Gasteiger partial charge in [-0.3, -0.25) is 4.79 Å². The van der Waals surface area contributed by atoms with E-state index >= 15 is 0 Å². The number of halogens is 1. The fourth-order valence-corrected chi connectivity index (χ4v) is 0.443. The minimum absolute atomic E-state index is 0.0440. The zero-order valence-electron chi connectivity index (χ0n) is 6.20. The van der Waals surface area contributed by atoms with E-state index in [1.807, 2.05) is 20.8 Å². The smallest absolute Gasteiger partial charge is 0.230 e. The Morgan fingerprint density at radius 1 is 1.56 bits per heavy atom. The monoisotopic (exact) mass is 195 g/mol. The van der Waals surface area contributed by atoms with Crippen LogP contribution in [0, 0.1) is 0 Å².